The third-order valence-corrected chi connectivity index (χ3v) is 5.65. The second-order valence-electron chi connectivity index (χ2n) is 7.53. The van der Waals surface area contributed by atoms with E-state index in [1.807, 2.05) is 36.4 Å². The van der Waals surface area contributed by atoms with Crippen molar-refractivity contribution in [2.24, 2.45) is 10.7 Å². The molecule has 1 saturated heterocycles. The summed E-state index contributed by atoms with van der Waals surface area (Å²) in [6.45, 7) is 1.90. The van der Waals surface area contributed by atoms with Crippen LogP contribution < -0.4 is 10.5 Å². The highest BCUT2D eigenvalue weighted by Crippen LogP contribution is 2.30. The Balaban J connectivity index is 1.61. The Hall–Kier alpha value is -2.68. The molecule has 2 aromatic carbocycles. The van der Waals surface area contributed by atoms with Gasteiger partial charge in [0.25, 0.3) is 0 Å². The Morgan fingerprint density at radius 2 is 2.03 bits per heavy atom. The number of aliphatic hydroxyl groups is 1. The van der Waals surface area contributed by atoms with Gasteiger partial charge >= 0.3 is 0 Å². The van der Waals surface area contributed by atoms with Crippen molar-refractivity contribution in [1.82, 2.24) is 4.90 Å². The second kappa shape index (κ2) is 9.88. The average molecular weight is 429 g/mol. The summed E-state index contributed by atoms with van der Waals surface area (Å²) in [5.41, 5.74) is 8.95. The Labute approximate surface area is 178 Å². The fourth-order valence-electron chi connectivity index (χ4n) is 3.64. The third kappa shape index (κ3) is 6.41. The van der Waals surface area contributed by atoms with E-state index in [4.69, 9.17) is 5.73 Å². The van der Waals surface area contributed by atoms with E-state index in [0.29, 0.717) is 18.8 Å². The van der Waals surface area contributed by atoms with Crippen molar-refractivity contribution in [2.45, 2.75) is 18.4 Å². The van der Waals surface area contributed by atoms with Gasteiger partial charge in [-0.05, 0) is 54.6 Å². The fourth-order valence-corrected chi connectivity index (χ4v) is 4.20. The van der Waals surface area contributed by atoms with Crippen molar-refractivity contribution in [3.8, 4) is 0 Å². The molecule has 0 aliphatic carbocycles. The highest BCUT2D eigenvalue weighted by molar-refractivity contribution is 7.92. The van der Waals surface area contributed by atoms with Gasteiger partial charge < -0.3 is 10.8 Å². The Morgan fingerprint density at radius 3 is 2.70 bits per heavy atom. The molecule has 160 valence electrons. The maximum atomic E-state index is 11.5. The number of likely N-dealkylation sites (tertiary alicyclic amines) is 1. The number of hydrogen-bond donors (Lipinski definition) is 3. The summed E-state index contributed by atoms with van der Waals surface area (Å²) in [5.74, 6) is -0.0501. The third-order valence-electron chi connectivity index (χ3n) is 5.04. The molecular formula is C22H28N4O3S. The first-order valence-corrected chi connectivity index (χ1v) is 11.7. The molecule has 2 aromatic rings. The summed E-state index contributed by atoms with van der Waals surface area (Å²) in [6, 6.07) is 16.9. The standard InChI is InChI=1S/C22H28N4O3S/c1-30(28,29)25-20-9-5-6-18(12-20)21-10-11-26(16-22(21)27)15-17(13-23)14-24-19-7-3-2-4-8-19/h2-9,12-14,21-22,25,27H,10-11,15-16,23H2,1H3/t21-,22-/m0/s1. The summed E-state index contributed by atoms with van der Waals surface area (Å²) in [5, 5.41) is 10.7. The van der Waals surface area contributed by atoms with Gasteiger partial charge in [0.05, 0.1) is 18.0 Å². The van der Waals surface area contributed by atoms with Crippen LogP contribution in [0, 0.1) is 0 Å². The van der Waals surface area contributed by atoms with E-state index in [1.165, 1.54) is 0 Å². The van der Waals surface area contributed by atoms with Crippen LogP contribution in [0.1, 0.15) is 17.9 Å². The molecule has 1 aliphatic heterocycles. The van der Waals surface area contributed by atoms with Crippen molar-refractivity contribution in [3.05, 3.63) is 71.9 Å². The van der Waals surface area contributed by atoms with Gasteiger partial charge in [-0.15, -0.1) is 0 Å². The van der Waals surface area contributed by atoms with E-state index in [-0.39, 0.29) is 5.92 Å². The van der Waals surface area contributed by atoms with Crippen molar-refractivity contribution in [3.63, 3.8) is 0 Å². The lowest BCUT2D eigenvalue weighted by molar-refractivity contribution is 0.0564. The Morgan fingerprint density at radius 1 is 1.27 bits per heavy atom. The minimum absolute atomic E-state index is 0.0501. The number of aliphatic hydroxyl groups excluding tert-OH is 1. The predicted molar refractivity (Wildman–Crippen MR) is 122 cm³/mol. The number of hydrogen-bond acceptors (Lipinski definition) is 6. The van der Waals surface area contributed by atoms with E-state index in [0.717, 1.165) is 36.0 Å². The largest absolute Gasteiger partial charge is 0.404 e. The minimum Gasteiger partial charge on any atom is -0.404 e. The molecule has 0 unspecified atom stereocenters. The number of anilines is 1. The van der Waals surface area contributed by atoms with Crippen LogP contribution in [-0.2, 0) is 10.0 Å². The van der Waals surface area contributed by atoms with E-state index in [1.54, 1.807) is 30.6 Å². The van der Waals surface area contributed by atoms with Crippen LogP contribution >= 0.6 is 0 Å². The first kappa shape index (κ1) is 22.0. The van der Waals surface area contributed by atoms with Crippen molar-refractivity contribution >= 4 is 27.6 Å². The first-order valence-electron chi connectivity index (χ1n) is 9.82. The summed E-state index contributed by atoms with van der Waals surface area (Å²) in [4.78, 5) is 6.59. The first-order chi connectivity index (χ1) is 14.3. The molecule has 1 aliphatic rings. The number of aliphatic imine (C=N–C) groups is 1. The van der Waals surface area contributed by atoms with E-state index < -0.39 is 16.1 Å². The number of piperidine rings is 1. The molecule has 0 spiro atoms. The van der Waals surface area contributed by atoms with E-state index in [9.17, 15) is 13.5 Å². The quantitative estimate of drug-likeness (QED) is 0.587. The van der Waals surface area contributed by atoms with Gasteiger partial charge in [0.15, 0.2) is 0 Å². The number of nitrogens with zero attached hydrogens (tertiary/aromatic N) is 2. The number of nitrogens with one attached hydrogen (secondary N) is 1. The smallest absolute Gasteiger partial charge is 0.229 e. The maximum absolute atomic E-state index is 11.5. The lowest BCUT2D eigenvalue weighted by atomic mass is 9.87. The minimum atomic E-state index is -3.34. The molecule has 1 heterocycles. The normalized spacial score (nSPS) is 21.1. The van der Waals surface area contributed by atoms with E-state index >= 15 is 0 Å². The molecule has 2 atom stereocenters. The van der Waals surface area contributed by atoms with Crippen molar-refractivity contribution < 1.29 is 13.5 Å². The van der Waals surface area contributed by atoms with Crippen LogP contribution in [0.15, 0.2) is 71.4 Å². The van der Waals surface area contributed by atoms with Gasteiger partial charge in [0.1, 0.15) is 0 Å². The van der Waals surface area contributed by atoms with Crippen LogP contribution in [0.4, 0.5) is 11.4 Å². The number of benzene rings is 2. The predicted octanol–water partition coefficient (Wildman–Crippen LogP) is 2.45. The van der Waals surface area contributed by atoms with Gasteiger partial charge in [-0.1, -0.05) is 30.3 Å². The van der Waals surface area contributed by atoms with Crippen LogP contribution in [0.25, 0.3) is 0 Å². The molecular weight excluding hydrogens is 400 g/mol. The average Bonchev–Trinajstić information content (AvgIpc) is 2.71. The number of para-hydroxylation sites is 1. The van der Waals surface area contributed by atoms with Crippen molar-refractivity contribution in [1.29, 1.82) is 0 Å². The molecule has 0 radical (unpaired) electrons. The highest BCUT2D eigenvalue weighted by atomic mass is 32.2. The van der Waals surface area contributed by atoms with Gasteiger partial charge in [-0.2, -0.15) is 0 Å². The van der Waals surface area contributed by atoms with Gasteiger partial charge in [-0.25, -0.2) is 8.42 Å². The molecule has 3 rings (SSSR count). The second-order valence-corrected chi connectivity index (χ2v) is 9.28. The van der Waals surface area contributed by atoms with E-state index in [2.05, 4.69) is 14.6 Å². The molecule has 4 N–H and O–H groups in total. The molecule has 8 heteroatoms. The van der Waals surface area contributed by atoms with Crippen LogP contribution in [0.3, 0.4) is 0 Å². The van der Waals surface area contributed by atoms with Crippen LogP contribution in [0.5, 0.6) is 0 Å². The molecule has 7 nitrogen and oxygen atoms in total. The molecule has 0 aromatic heterocycles. The van der Waals surface area contributed by atoms with Crippen molar-refractivity contribution in [2.75, 3.05) is 30.6 Å². The zero-order chi connectivity index (χ0) is 21.6. The fraction of sp³-hybridized carbons (Fsp3) is 0.318. The zero-order valence-electron chi connectivity index (χ0n) is 17.0. The summed E-state index contributed by atoms with van der Waals surface area (Å²) in [7, 11) is -3.34. The molecule has 0 amide bonds. The van der Waals surface area contributed by atoms with Crippen LogP contribution in [0.2, 0.25) is 0 Å². The topological polar surface area (TPSA) is 108 Å². The Kier molecular flexibility index (Phi) is 7.25. The maximum Gasteiger partial charge on any atom is 0.229 e. The zero-order valence-corrected chi connectivity index (χ0v) is 17.8. The molecule has 0 bridgehead atoms. The SMILES string of the molecule is CS(=O)(=O)Nc1cccc([C@@H]2CCN(CC(C=Nc3ccccc3)=CN)C[C@@H]2O)c1. The summed E-state index contributed by atoms with van der Waals surface area (Å²) >= 11 is 0. The monoisotopic (exact) mass is 428 g/mol. The van der Waals surface area contributed by atoms with Crippen LogP contribution in [-0.4, -0.2) is 56.6 Å². The van der Waals surface area contributed by atoms with Gasteiger partial charge in [0, 0.05) is 30.9 Å². The Bertz CT molecular complexity index is 1010. The number of nitrogens with two attached hydrogens (primary N) is 1. The van der Waals surface area contributed by atoms with Gasteiger partial charge in [-0.3, -0.25) is 14.6 Å². The molecule has 0 saturated carbocycles. The van der Waals surface area contributed by atoms with Gasteiger partial charge in [0.2, 0.25) is 10.0 Å². The number of β-amino-alcohol motifs (C(OH)–C–C–N with tert-alkyl or cyclic N) is 1. The number of sulfonamides is 1. The lowest BCUT2D eigenvalue weighted by Crippen LogP contribution is -2.43. The lowest BCUT2D eigenvalue weighted by Gasteiger charge is -2.36. The molecule has 1 fully saturated rings. The number of rotatable bonds is 7. The summed E-state index contributed by atoms with van der Waals surface area (Å²) in [6.07, 6.45) is 4.63. The summed E-state index contributed by atoms with van der Waals surface area (Å²) < 4.78 is 25.4. The highest BCUT2D eigenvalue weighted by Gasteiger charge is 2.29. The molecule has 30 heavy (non-hydrogen) atoms.